The zero-order chi connectivity index (χ0) is 21.2. The van der Waals surface area contributed by atoms with Crippen molar-refractivity contribution in [2.75, 3.05) is 11.9 Å². The maximum absolute atomic E-state index is 11.9. The van der Waals surface area contributed by atoms with E-state index in [0.29, 0.717) is 6.42 Å². The van der Waals surface area contributed by atoms with Gasteiger partial charge in [-0.1, -0.05) is 41.9 Å². The number of nitrogens with zero attached hydrogens (tertiary/aromatic N) is 1. The van der Waals surface area contributed by atoms with Crippen LogP contribution in [0.1, 0.15) is 18.4 Å². The highest BCUT2D eigenvalue weighted by Gasteiger charge is 2.16. The van der Waals surface area contributed by atoms with Gasteiger partial charge >= 0.3 is 5.97 Å². The van der Waals surface area contributed by atoms with Crippen LogP contribution < -0.4 is 10.6 Å². The molecule has 0 saturated heterocycles. The molecule has 0 bridgehead atoms. The molecule has 0 aliphatic rings. The molecule has 0 atom stereocenters. The minimum atomic E-state index is -0.621. The number of hydrogen-bond donors (Lipinski definition) is 2. The molecule has 8 nitrogen and oxygen atoms in total. The zero-order valence-corrected chi connectivity index (χ0v) is 16.8. The molecular formula is C19H18ClN3O5S. The van der Waals surface area contributed by atoms with Crippen LogP contribution in [-0.2, 0) is 20.7 Å². The first kappa shape index (κ1) is 22.3. The third kappa shape index (κ3) is 7.84. The van der Waals surface area contributed by atoms with Crippen molar-refractivity contribution in [3.05, 3.63) is 69.2 Å². The molecule has 0 aromatic heterocycles. The Morgan fingerprint density at radius 2 is 1.86 bits per heavy atom. The van der Waals surface area contributed by atoms with Gasteiger partial charge in [0, 0.05) is 23.9 Å². The number of ether oxygens (including phenoxy) is 1. The number of nitro benzene ring substituents is 1. The number of benzene rings is 2. The van der Waals surface area contributed by atoms with Gasteiger partial charge in [0.2, 0.25) is 5.91 Å². The summed E-state index contributed by atoms with van der Waals surface area (Å²) in [4.78, 5) is 34.1. The maximum atomic E-state index is 11.9. The van der Waals surface area contributed by atoms with E-state index >= 15 is 0 Å². The van der Waals surface area contributed by atoms with E-state index in [0.717, 1.165) is 5.56 Å². The molecule has 0 unspecified atom stereocenters. The van der Waals surface area contributed by atoms with Crippen molar-refractivity contribution < 1.29 is 19.2 Å². The molecule has 2 N–H and O–H groups in total. The Morgan fingerprint density at radius 1 is 1.14 bits per heavy atom. The summed E-state index contributed by atoms with van der Waals surface area (Å²) in [6, 6.07) is 13.6. The second kappa shape index (κ2) is 11.1. The lowest BCUT2D eigenvalue weighted by atomic mass is 10.2. The van der Waals surface area contributed by atoms with Gasteiger partial charge in [-0.25, -0.2) is 0 Å². The molecule has 2 aromatic rings. The molecule has 10 heteroatoms. The summed E-state index contributed by atoms with van der Waals surface area (Å²) in [7, 11) is 0. The van der Waals surface area contributed by atoms with Gasteiger partial charge in [-0.15, -0.1) is 0 Å². The topological polar surface area (TPSA) is 111 Å². The fraction of sp³-hybridized carbons (Fsp3) is 0.211. The minimum Gasteiger partial charge on any atom is -0.465 e. The Hall–Kier alpha value is -3.04. The third-order valence-electron chi connectivity index (χ3n) is 3.71. The quantitative estimate of drug-likeness (QED) is 0.282. The van der Waals surface area contributed by atoms with Crippen LogP contribution in [0, 0.1) is 10.1 Å². The van der Waals surface area contributed by atoms with Crippen LogP contribution in [0.15, 0.2) is 48.5 Å². The van der Waals surface area contributed by atoms with Crippen LogP contribution in [0.3, 0.4) is 0 Å². The fourth-order valence-electron chi connectivity index (χ4n) is 2.32. The highest BCUT2D eigenvalue weighted by molar-refractivity contribution is 7.80. The number of anilines is 1. The summed E-state index contributed by atoms with van der Waals surface area (Å²) >= 11 is 10.7. The monoisotopic (exact) mass is 435 g/mol. The second-order valence-corrected chi connectivity index (χ2v) is 6.72. The van der Waals surface area contributed by atoms with Gasteiger partial charge in [-0.05, 0) is 29.9 Å². The summed E-state index contributed by atoms with van der Waals surface area (Å²) in [6.07, 6.45) is 0.353. The van der Waals surface area contributed by atoms with Crippen molar-refractivity contribution in [3.63, 3.8) is 0 Å². The van der Waals surface area contributed by atoms with Gasteiger partial charge in [-0.3, -0.25) is 19.7 Å². The molecule has 0 spiro atoms. The molecule has 0 heterocycles. The van der Waals surface area contributed by atoms with Gasteiger partial charge in [0.15, 0.2) is 5.11 Å². The van der Waals surface area contributed by atoms with Crippen molar-refractivity contribution in [2.45, 2.75) is 19.3 Å². The van der Waals surface area contributed by atoms with Crippen LogP contribution in [0.25, 0.3) is 0 Å². The molecule has 152 valence electrons. The van der Waals surface area contributed by atoms with Crippen LogP contribution in [0.5, 0.6) is 0 Å². The average Bonchev–Trinajstić information content (AvgIpc) is 2.68. The molecule has 29 heavy (non-hydrogen) atoms. The highest BCUT2D eigenvalue weighted by atomic mass is 35.5. The number of nitrogens with one attached hydrogen (secondary N) is 2. The summed E-state index contributed by atoms with van der Waals surface area (Å²) in [6.45, 7) is 0.227. The number of carbonyl (C=O) groups excluding carboxylic acids is 2. The number of esters is 1. The van der Waals surface area contributed by atoms with Gasteiger partial charge in [-0.2, -0.15) is 0 Å². The number of amides is 1. The summed E-state index contributed by atoms with van der Waals surface area (Å²) < 4.78 is 5.10. The Labute approximate surface area is 177 Å². The maximum Gasteiger partial charge on any atom is 0.306 e. The number of thiocarbonyl (C=S) groups is 1. The smallest absolute Gasteiger partial charge is 0.306 e. The first-order valence-corrected chi connectivity index (χ1v) is 9.38. The fourth-order valence-corrected chi connectivity index (χ4v) is 2.71. The number of halogens is 1. The van der Waals surface area contributed by atoms with E-state index in [4.69, 9.17) is 28.6 Å². The standard InChI is InChI=1S/C19H18ClN3O5S/c20-14-6-7-15(16(12-14)23(26)27)21-19(29)22-17(24)8-9-18(25)28-11-10-13-4-2-1-3-5-13/h1-7,12H,8-11H2,(H2,21,22,24,29). The lowest BCUT2D eigenvalue weighted by molar-refractivity contribution is -0.383. The largest absolute Gasteiger partial charge is 0.465 e. The number of hydrogen-bond acceptors (Lipinski definition) is 6. The molecule has 2 aromatic carbocycles. The number of carbonyl (C=O) groups is 2. The minimum absolute atomic E-state index is 0.0880. The molecule has 0 radical (unpaired) electrons. The highest BCUT2D eigenvalue weighted by Crippen LogP contribution is 2.27. The summed E-state index contributed by atoms with van der Waals surface area (Å²) in [5, 5.41) is 16.1. The Bertz CT molecular complexity index is 908. The van der Waals surface area contributed by atoms with E-state index in [1.807, 2.05) is 30.3 Å². The SMILES string of the molecule is O=C(CCC(=O)OCCc1ccccc1)NC(=S)Nc1ccc(Cl)cc1[N+](=O)[O-]. The van der Waals surface area contributed by atoms with Gasteiger partial charge in [0.1, 0.15) is 5.69 Å². The predicted molar refractivity (Wildman–Crippen MR) is 113 cm³/mol. The molecule has 0 aliphatic heterocycles. The van der Waals surface area contributed by atoms with E-state index in [2.05, 4.69) is 10.6 Å². The molecule has 0 aliphatic carbocycles. The van der Waals surface area contributed by atoms with Crippen LogP contribution in [0.2, 0.25) is 5.02 Å². The second-order valence-electron chi connectivity index (χ2n) is 5.88. The zero-order valence-electron chi connectivity index (χ0n) is 15.2. The van der Waals surface area contributed by atoms with Gasteiger partial charge in [0.05, 0.1) is 18.0 Å². The summed E-state index contributed by atoms with van der Waals surface area (Å²) in [5.41, 5.74) is 0.854. The van der Waals surface area contributed by atoms with E-state index in [1.165, 1.54) is 18.2 Å². The molecule has 2 rings (SSSR count). The lowest BCUT2D eigenvalue weighted by Gasteiger charge is -2.10. The average molecular weight is 436 g/mol. The first-order valence-electron chi connectivity index (χ1n) is 8.59. The molecule has 1 amide bonds. The number of nitro groups is 1. The summed E-state index contributed by atoms with van der Waals surface area (Å²) in [5.74, 6) is -1.01. The first-order chi connectivity index (χ1) is 13.8. The van der Waals surface area contributed by atoms with Crippen LogP contribution in [-0.4, -0.2) is 28.5 Å². The Kier molecular flexibility index (Phi) is 8.50. The van der Waals surface area contributed by atoms with Crippen LogP contribution in [0.4, 0.5) is 11.4 Å². The molecular weight excluding hydrogens is 418 g/mol. The van der Waals surface area contributed by atoms with Crippen molar-refractivity contribution in [1.29, 1.82) is 0 Å². The van der Waals surface area contributed by atoms with Crippen molar-refractivity contribution in [1.82, 2.24) is 5.32 Å². The van der Waals surface area contributed by atoms with Crippen molar-refractivity contribution in [3.8, 4) is 0 Å². The van der Waals surface area contributed by atoms with Crippen molar-refractivity contribution >= 4 is 52.2 Å². The normalized spacial score (nSPS) is 10.1. The van der Waals surface area contributed by atoms with E-state index < -0.39 is 16.8 Å². The van der Waals surface area contributed by atoms with Gasteiger partial charge < -0.3 is 15.4 Å². The Morgan fingerprint density at radius 3 is 2.55 bits per heavy atom. The van der Waals surface area contributed by atoms with Crippen LogP contribution >= 0.6 is 23.8 Å². The van der Waals surface area contributed by atoms with Crippen molar-refractivity contribution in [2.24, 2.45) is 0 Å². The lowest BCUT2D eigenvalue weighted by Crippen LogP contribution is -2.34. The van der Waals surface area contributed by atoms with E-state index in [9.17, 15) is 19.7 Å². The Balaban J connectivity index is 1.72. The third-order valence-corrected chi connectivity index (χ3v) is 4.15. The molecule has 0 saturated carbocycles. The van der Waals surface area contributed by atoms with E-state index in [1.54, 1.807) is 0 Å². The predicted octanol–water partition coefficient (Wildman–Crippen LogP) is 3.63. The molecule has 0 fully saturated rings. The number of rotatable bonds is 8. The van der Waals surface area contributed by atoms with E-state index in [-0.39, 0.29) is 41.0 Å². The van der Waals surface area contributed by atoms with Gasteiger partial charge in [0.25, 0.3) is 5.69 Å².